The summed E-state index contributed by atoms with van der Waals surface area (Å²) in [6, 6.07) is 6.47. The van der Waals surface area contributed by atoms with Gasteiger partial charge in [0.2, 0.25) is 0 Å². The molecule has 4 nitrogen and oxygen atoms in total. The van der Waals surface area contributed by atoms with Crippen molar-refractivity contribution < 1.29 is 14.3 Å². The number of carbonyl (C=O) groups is 1. The molecule has 4 heteroatoms. The summed E-state index contributed by atoms with van der Waals surface area (Å²) in [5.74, 6) is -0.0804. The van der Waals surface area contributed by atoms with Gasteiger partial charge in [-0.25, -0.2) is 4.79 Å². The van der Waals surface area contributed by atoms with Crippen LogP contribution in [0.25, 0.3) is 0 Å². The Bertz CT molecular complexity index is 394. The summed E-state index contributed by atoms with van der Waals surface area (Å²) >= 11 is 0. The maximum absolute atomic E-state index is 11.1. The Morgan fingerprint density at radius 1 is 1.31 bits per heavy atom. The first kappa shape index (κ1) is 14.0. The summed E-state index contributed by atoms with van der Waals surface area (Å²) in [6.45, 7) is 4.00. The molecule has 0 fully saturated rings. The minimum Gasteiger partial charge on any atom is -0.495 e. The minimum atomic E-state index is -0.451. The van der Waals surface area contributed by atoms with E-state index in [2.05, 4.69) is 4.74 Å². The molecule has 0 radical (unpaired) electrons. The van der Waals surface area contributed by atoms with Crippen LogP contribution < -0.4 is 4.74 Å². The standard InChI is InChI=1S/C10H9NO3.C2H6/c1-13-9-5-7(10(12)14-2)3-4-8(9)6-11;1-2/h3-5H,1-2H3;1-2H3. The van der Waals surface area contributed by atoms with Crippen LogP contribution in [0, 0.1) is 11.3 Å². The average molecular weight is 221 g/mol. The van der Waals surface area contributed by atoms with Crippen molar-refractivity contribution in [1.82, 2.24) is 0 Å². The van der Waals surface area contributed by atoms with Gasteiger partial charge in [0.15, 0.2) is 0 Å². The van der Waals surface area contributed by atoms with Gasteiger partial charge < -0.3 is 9.47 Å². The number of carbonyl (C=O) groups excluding carboxylic acids is 1. The normalized spacial score (nSPS) is 8.19. The van der Waals surface area contributed by atoms with Crippen molar-refractivity contribution in [2.45, 2.75) is 13.8 Å². The van der Waals surface area contributed by atoms with E-state index in [4.69, 9.17) is 10.00 Å². The van der Waals surface area contributed by atoms with Crippen LogP contribution in [0.4, 0.5) is 0 Å². The highest BCUT2D eigenvalue weighted by Gasteiger charge is 2.09. The van der Waals surface area contributed by atoms with E-state index in [1.165, 1.54) is 32.4 Å². The zero-order chi connectivity index (χ0) is 12.6. The first-order chi connectivity index (χ1) is 7.72. The Morgan fingerprint density at radius 2 is 1.94 bits per heavy atom. The fourth-order valence-corrected chi connectivity index (χ4v) is 1.03. The van der Waals surface area contributed by atoms with Crippen molar-refractivity contribution in [2.24, 2.45) is 0 Å². The van der Waals surface area contributed by atoms with Gasteiger partial charge in [-0.2, -0.15) is 5.26 Å². The van der Waals surface area contributed by atoms with Crippen LogP contribution in [0.15, 0.2) is 18.2 Å². The molecule has 0 bridgehead atoms. The maximum Gasteiger partial charge on any atom is 0.337 e. The summed E-state index contributed by atoms with van der Waals surface area (Å²) in [4.78, 5) is 11.1. The lowest BCUT2D eigenvalue weighted by Gasteiger charge is -2.04. The van der Waals surface area contributed by atoms with Crippen molar-refractivity contribution in [3.8, 4) is 11.8 Å². The topological polar surface area (TPSA) is 59.3 Å². The molecule has 86 valence electrons. The van der Waals surface area contributed by atoms with Gasteiger partial charge in [0.05, 0.1) is 25.3 Å². The first-order valence-electron chi connectivity index (χ1n) is 4.89. The molecule has 1 rings (SSSR count). The number of benzene rings is 1. The number of rotatable bonds is 2. The van der Waals surface area contributed by atoms with E-state index in [0.29, 0.717) is 16.9 Å². The van der Waals surface area contributed by atoms with Crippen molar-refractivity contribution in [3.05, 3.63) is 29.3 Å². The highest BCUT2D eigenvalue weighted by atomic mass is 16.5. The lowest BCUT2D eigenvalue weighted by Crippen LogP contribution is -2.01. The Labute approximate surface area is 95.4 Å². The third-order valence-electron chi connectivity index (χ3n) is 1.74. The molecule has 1 aromatic rings. The van der Waals surface area contributed by atoms with Gasteiger partial charge in [-0.15, -0.1) is 0 Å². The van der Waals surface area contributed by atoms with E-state index in [1.807, 2.05) is 19.9 Å². The van der Waals surface area contributed by atoms with E-state index < -0.39 is 5.97 Å². The Morgan fingerprint density at radius 3 is 2.38 bits per heavy atom. The van der Waals surface area contributed by atoms with Crippen LogP contribution in [-0.4, -0.2) is 20.2 Å². The summed E-state index contributed by atoms with van der Waals surface area (Å²) in [7, 11) is 2.74. The molecule has 0 aliphatic heterocycles. The molecule has 16 heavy (non-hydrogen) atoms. The zero-order valence-electron chi connectivity index (χ0n) is 9.90. The van der Waals surface area contributed by atoms with Crippen LogP contribution in [0.5, 0.6) is 5.75 Å². The third-order valence-corrected chi connectivity index (χ3v) is 1.74. The predicted octanol–water partition coefficient (Wildman–Crippen LogP) is 2.38. The molecule has 0 atom stereocenters. The molecule has 0 aliphatic carbocycles. The molecular formula is C12H15NO3. The number of esters is 1. The number of nitriles is 1. The van der Waals surface area contributed by atoms with E-state index >= 15 is 0 Å². The highest BCUT2D eigenvalue weighted by molar-refractivity contribution is 5.90. The summed E-state index contributed by atoms with van der Waals surface area (Å²) in [5.41, 5.74) is 0.753. The molecule has 0 N–H and O–H groups in total. The molecule has 0 heterocycles. The third kappa shape index (κ3) is 3.28. The number of nitrogens with zero attached hydrogens (tertiary/aromatic N) is 1. The van der Waals surface area contributed by atoms with Crippen LogP contribution in [0.1, 0.15) is 29.8 Å². The largest absolute Gasteiger partial charge is 0.495 e. The zero-order valence-corrected chi connectivity index (χ0v) is 9.90. The summed E-state index contributed by atoms with van der Waals surface area (Å²) < 4.78 is 9.47. The molecule has 0 spiro atoms. The quantitative estimate of drug-likeness (QED) is 0.719. The second-order valence-electron chi connectivity index (χ2n) is 2.52. The van der Waals surface area contributed by atoms with E-state index in [-0.39, 0.29) is 0 Å². The SMILES string of the molecule is CC.COC(=O)c1ccc(C#N)c(OC)c1. The van der Waals surface area contributed by atoms with Crippen molar-refractivity contribution in [2.75, 3.05) is 14.2 Å². The molecule has 0 saturated heterocycles. The van der Waals surface area contributed by atoms with Gasteiger partial charge >= 0.3 is 5.97 Å². The van der Waals surface area contributed by atoms with Gasteiger partial charge in [0, 0.05) is 0 Å². The average Bonchev–Trinajstić information content (AvgIpc) is 2.39. The summed E-state index contributed by atoms with van der Waals surface area (Å²) in [5, 5.41) is 8.69. The lowest BCUT2D eigenvalue weighted by molar-refractivity contribution is 0.0600. The van der Waals surface area contributed by atoms with Gasteiger partial charge in [-0.3, -0.25) is 0 Å². The van der Waals surface area contributed by atoms with E-state index in [1.54, 1.807) is 0 Å². The predicted molar refractivity (Wildman–Crippen MR) is 60.4 cm³/mol. The van der Waals surface area contributed by atoms with Crippen LogP contribution in [0.2, 0.25) is 0 Å². The second kappa shape index (κ2) is 7.30. The van der Waals surface area contributed by atoms with Crippen molar-refractivity contribution in [1.29, 1.82) is 5.26 Å². The molecule has 0 aliphatic rings. The fourth-order valence-electron chi connectivity index (χ4n) is 1.03. The van der Waals surface area contributed by atoms with Crippen LogP contribution >= 0.6 is 0 Å². The Balaban J connectivity index is 0.00000106. The lowest BCUT2D eigenvalue weighted by atomic mass is 10.1. The molecule has 1 aromatic carbocycles. The van der Waals surface area contributed by atoms with E-state index in [0.717, 1.165) is 0 Å². The number of methoxy groups -OCH3 is 2. The van der Waals surface area contributed by atoms with Gasteiger partial charge in [0.25, 0.3) is 0 Å². The number of ether oxygens (including phenoxy) is 2. The summed E-state index contributed by atoms with van der Waals surface area (Å²) in [6.07, 6.45) is 0. The van der Waals surface area contributed by atoms with Gasteiger partial charge in [-0.05, 0) is 18.2 Å². The van der Waals surface area contributed by atoms with Gasteiger partial charge in [0.1, 0.15) is 11.8 Å². The van der Waals surface area contributed by atoms with Crippen LogP contribution in [-0.2, 0) is 4.74 Å². The minimum absolute atomic E-state index is 0.364. The Kier molecular flexibility index (Phi) is 6.37. The smallest absolute Gasteiger partial charge is 0.337 e. The Hall–Kier alpha value is -2.02. The highest BCUT2D eigenvalue weighted by Crippen LogP contribution is 2.19. The molecule has 0 amide bonds. The molecule has 0 saturated carbocycles. The number of hydrogen-bond donors (Lipinski definition) is 0. The van der Waals surface area contributed by atoms with Crippen LogP contribution in [0.3, 0.4) is 0 Å². The van der Waals surface area contributed by atoms with E-state index in [9.17, 15) is 4.79 Å². The maximum atomic E-state index is 11.1. The first-order valence-corrected chi connectivity index (χ1v) is 4.89. The van der Waals surface area contributed by atoms with Gasteiger partial charge in [-0.1, -0.05) is 13.8 Å². The second-order valence-corrected chi connectivity index (χ2v) is 2.52. The number of hydrogen-bond acceptors (Lipinski definition) is 4. The fraction of sp³-hybridized carbons (Fsp3) is 0.333. The van der Waals surface area contributed by atoms with Crippen molar-refractivity contribution in [3.63, 3.8) is 0 Å². The molecule has 0 unspecified atom stereocenters. The van der Waals surface area contributed by atoms with Crippen molar-refractivity contribution >= 4 is 5.97 Å². The molecular weight excluding hydrogens is 206 g/mol. The monoisotopic (exact) mass is 221 g/mol. The molecule has 0 aromatic heterocycles.